The zero-order valence-electron chi connectivity index (χ0n) is 13.9. The van der Waals surface area contributed by atoms with Gasteiger partial charge in [0.25, 0.3) is 0 Å². The molecular formula is C16H29N3O3. The zero-order chi connectivity index (χ0) is 15.9. The van der Waals surface area contributed by atoms with Gasteiger partial charge in [0.15, 0.2) is 0 Å². The Morgan fingerprint density at radius 1 is 1.00 bits per heavy atom. The molecule has 22 heavy (non-hydrogen) atoms. The van der Waals surface area contributed by atoms with E-state index < -0.39 is 0 Å². The summed E-state index contributed by atoms with van der Waals surface area (Å²) in [4.78, 5) is 29.9. The largest absolute Gasteiger partial charge is 0.468 e. The Hall–Kier alpha value is -1.14. The van der Waals surface area contributed by atoms with E-state index in [9.17, 15) is 9.59 Å². The van der Waals surface area contributed by atoms with Crippen LogP contribution in [0.2, 0.25) is 0 Å². The Balaban J connectivity index is 1.70. The second kappa shape index (κ2) is 8.48. The fourth-order valence-electron chi connectivity index (χ4n) is 3.33. The maximum absolute atomic E-state index is 12.4. The molecule has 1 amide bonds. The third-order valence-corrected chi connectivity index (χ3v) is 4.92. The Bertz CT molecular complexity index is 375. The maximum atomic E-state index is 12.4. The molecule has 6 nitrogen and oxygen atoms in total. The summed E-state index contributed by atoms with van der Waals surface area (Å²) in [7, 11) is 3.37. The van der Waals surface area contributed by atoms with Gasteiger partial charge in [0, 0.05) is 39.3 Å². The Morgan fingerprint density at radius 3 is 2.09 bits per heavy atom. The summed E-state index contributed by atoms with van der Waals surface area (Å²) in [5.74, 6) is 0.0369. The highest BCUT2D eigenvalue weighted by molar-refractivity contribution is 5.78. The van der Waals surface area contributed by atoms with Gasteiger partial charge in [0.05, 0.1) is 20.2 Å². The third-order valence-electron chi connectivity index (χ3n) is 4.92. The van der Waals surface area contributed by atoms with Crippen LogP contribution < -0.4 is 0 Å². The summed E-state index contributed by atoms with van der Waals surface area (Å²) in [6.07, 6.45) is 6.09. The van der Waals surface area contributed by atoms with Gasteiger partial charge in [-0.3, -0.25) is 19.4 Å². The average Bonchev–Trinajstić information content (AvgIpc) is 2.56. The topological polar surface area (TPSA) is 53.1 Å². The standard InChI is InChI=1S/C16H29N3O3/c1-17(14-6-4-3-5-7-14)15(20)12-18-8-10-19(11-9-18)13-16(21)22-2/h14H,3-13H2,1-2H3. The number of hydrogen-bond donors (Lipinski definition) is 0. The quantitative estimate of drug-likeness (QED) is 0.695. The van der Waals surface area contributed by atoms with Crippen molar-refractivity contribution in [2.45, 2.75) is 38.1 Å². The number of carbonyl (C=O) groups is 2. The van der Waals surface area contributed by atoms with Gasteiger partial charge in [-0.2, -0.15) is 0 Å². The molecule has 0 atom stereocenters. The SMILES string of the molecule is COC(=O)CN1CCN(CC(=O)N(C)C2CCCCC2)CC1. The van der Waals surface area contributed by atoms with E-state index in [4.69, 9.17) is 0 Å². The number of ether oxygens (including phenoxy) is 1. The van der Waals surface area contributed by atoms with Gasteiger partial charge in [-0.1, -0.05) is 19.3 Å². The van der Waals surface area contributed by atoms with Crippen LogP contribution in [-0.4, -0.2) is 86.0 Å². The number of esters is 1. The first-order chi connectivity index (χ1) is 10.6. The van der Waals surface area contributed by atoms with Crippen molar-refractivity contribution in [3.63, 3.8) is 0 Å². The van der Waals surface area contributed by atoms with E-state index in [1.165, 1.54) is 26.4 Å². The number of amides is 1. The Morgan fingerprint density at radius 2 is 1.55 bits per heavy atom. The van der Waals surface area contributed by atoms with Crippen LogP contribution in [0, 0.1) is 0 Å². The first-order valence-electron chi connectivity index (χ1n) is 8.37. The van der Waals surface area contributed by atoms with Crippen molar-refractivity contribution >= 4 is 11.9 Å². The van der Waals surface area contributed by atoms with Crippen molar-refractivity contribution < 1.29 is 14.3 Å². The Labute approximate surface area is 133 Å². The van der Waals surface area contributed by atoms with Gasteiger partial charge in [0.2, 0.25) is 5.91 Å². The van der Waals surface area contributed by atoms with Gasteiger partial charge in [-0.25, -0.2) is 0 Å². The summed E-state index contributed by atoms with van der Waals surface area (Å²) in [5.41, 5.74) is 0. The highest BCUT2D eigenvalue weighted by Crippen LogP contribution is 2.21. The number of carbonyl (C=O) groups excluding carboxylic acids is 2. The van der Waals surface area contributed by atoms with Crippen molar-refractivity contribution in [1.29, 1.82) is 0 Å². The minimum absolute atomic E-state index is 0.193. The lowest BCUT2D eigenvalue weighted by Gasteiger charge is -2.36. The van der Waals surface area contributed by atoms with Gasteiger partial charge >= 0.3 is 5.97 Å². The van der Waals surface area contributed by atoms with Gasteiger partial charge < -0.3 is 9.64 Å². The molecule has 1 aliphatic carbocycles. The molecule has 126 valence electrons. The summed E-state index contributed by atoms with van der Waals surface area (Å²) in [5, 5.41) is 0. The lowest BCUT2D eigenvalue weighted by Crippen LogP contribution is -2.51. The molecule has 0 unspecified atom stereocenters. The van der Waals surface area contributed by atoms with Crippen LogP contribution in [0.15, 0.2) is 0 Å². The van der Waals surface area contributed by atoms with Crippen LogP contribution in [0.25, 0.3) is 0 Å². The first-order valence-corrected chi connectivity index (χ1v) is 8.37. The second-order valence-electron chi connectivity index (χ2n) is 6.42. The normalized spacial score (nSPS) is 21.5. The van der Waals surface area contributed by atoms with Gasteiger partial charge in [-0.15, -0.1) is 0 Å². The molecule has 2 aliphatic rings. The monoisotopic (exact) mass is 311 g/mol. The van der Waals surface area contributed by atoms with Crippen molar-refractivity contribution in [1.82, 2.24) is 14.7 Å². The molecule has 6 heteroatoms. The Kier molecular flexibility index (Phi) is 6.64. The molecule has 0 aromatic heterocycles. The van der Waals surface area contributed by atoms with Crippen molar-refractivity contribution in [3.05, 3.63) is 0 Å². The van der Waals surface area contributed by atoms with Crippen LogP contribution in [0.5, 0.6) is 0 Å². The number of rotatable bonds is 5. The van der Waals surface area contributed by atoms with E-state index in [0.717, 1.165) is 39.0 Å². The summed E-state index contributed by atoms with van der Waals surface area (Å²) >= 11 is 0. The number of piperazine rings is 1. The minimum Gasteiger partial charge on any atom is -0.468 e. The minimum atomic E-state index is -0.193. The lowest BCUT2D eigenvalue weighted by atomic mass is 9.94. The van der Waals surface area contributed by atoms with Crippen LogP contribution in [0.1, 0.15) is 32.1 Å². The molecule has 0 bridgehead atoms. The van der Waals surface area contributed by atoms with Gasteiger partial charge in [0.1, 0.15) is 0 Å². The van der Waals surface area contributed by atoms with Crippen molar-refractivity contribution in [3.8, 4) is 0 Å². The van der Waals surface area contributed by atoms with E-state index in [1.807, 2.05) is 11.9 Å². The molecule has 1 saturated heterocycles. The maximum Gasteiger partial charge on any atom is 0.319 e. The average molecular weight is 311 g/mol. The molecule has 1 heterocycles. The summed E-state index contributed by atoms with van der Waals surface area (Å²) in [6, 6.07) is 0.432. The van der Waals surface area contributed by atoms with E-state index >= 15 is 0 Å². The fraction of sp³-hybridized carbons (Fsp3) is 0.875. The molecule has 2 rings (SSSR count). The predicted octanol–water partition coefficient (Wildman–Crippen LogP) is 0.568. The molecule has 2 fully saturated rings. The van der Waals surface area contributed by atoms with E-state index in [2.05, 4.69) is 14.5 Å². The van der Waals surface area contributed by atoms with Crippen LogP contribution >= 0.6 is 0 Å². The summed E-state index contributed by atoms with van der Waals surface area (Å²) < 4.78 is 4.69. The molecule has 0 N–H and O–H groups in total. The molecule has 0 radical (unpaired) electrons. The highest BCUT2D eigenvalue weighted by Gasteiger charge is 2.25. The number of likely N-dealkylation sites (N-methyl/N-ethyl adjacent to an activating group) is 1. The highest BCUT2D eigenvalue weighted by atomic mass is 16.5. The van der Waals surface area contributed by atoms with Crippen molar-refractivity contribution in [2.75, 3.05) is 53.4 Å². The number of methoxy groups -OCH3 is 1. The first kappa shape index (κ1) is 17.2. The molecule has 0 spiro atoms. The molecule has 1 aliphatic heterocycles. The van der Waals surface area contributed by atoms with E-state index in [-0.39, 0.29) is 11.9 Å². The van der Waals surface area contributed by atoms with Crippen LogP contribution in [0.3, 0.4) is 0 Å². The zero-order valence-corrected chi connectivity index (χ0v) is 13.9. The summed E-state index contributed by atoms with van der Waals surface area (Å²) in [6.45, 7) is 4.15. The molecule has 0 aromatic rings. The lowest BCUT2D eigenvalue weighted by molar-refractivity contribution is -0.143. The second-order valence-corrected chi connectivity index (χ2v) is 6.42. The smallest absolute Gasteiger partial charge is 0.319 e. The number of hydrogen-bond acceptors (Lipinski definition) is 5. The van der Waals surface area contributed by atoms with E-state index in [1.54, 1.807) is 0 Å². The molecule has 1 saturated carbocycles. The van der Waals surface area contributed by atoms with Crippen molar-refractivity contribution in [2.24, 2.45) is 0 Å². The van der Waals surface area contributed by atoms with Crippen LogP contribution in [-0.2, 0) is 14.3 Å². The van der Waals surface area contributed by atoms with E-state index in [0.29, 0.717) is 19.1 Å². The number of nitrogens with zero attached hydrogens (tertiary/aromatic N) is 3. The van der Waals surface area contributed by atoms with Crippen LogP contribution in [0.4, 0.5) is 0 Å². The van der Waals surface area contributed by atoms with Gasteiger partial charge in [-0.05, 0) is 12.8 Å². The molecular weight excluding hydrogens is 282 g/mol. The predicted molar refractivity (Wildman–Crippen MR) is 84.5 cm³/mol. The molecule has 0 aromatic carbocycles. The third kappa shape index (κ3) is 4.95. The fourth-order valence-corrected chi connectivity index (χ4v) is 3.33.